The molecule has 1 rings (SSSR count). The van der Waals surface area contributed by atoms with Gasteiger partial charge in [-0.2, -0.15) is 9.97 Å². The Morgan fingerprint density at radius 3 is 2.53 bits per heavy atom. The Bertz CT molecular complexity index is 330. The summed E-state index contributed by atoms with van der Waals surface area (Å²) >= 11 is 0. The first-order valence-electron chi connectivity index (χ1n) is 4.64. The third-order valence-corrected chi connectivity index (χ3v) is 1.38. The van der Waals surface area contributed by atoms with Crippen molar-refractivity contribution in [1.29, 1.82) is 0 Å². The van der Waals surface area contributed by atoms with Gasteiger partial charge < -0.3 is 15.2 Å². The molecule has 0 atom stereocenters. The van der Waals surface area contributed by atoms with Gasteiger partial charge in [-0.3, -0.25) is 0 Å². The molecule has 0 fully saturated rings. The first-order chi connectivity index (χ1) is 7.26. The molecular weight excluding hydrogens is 196 g/mol. The van der Waals surface area contributed by atoms with Crippen molar-refractivity contribution in [3.8, 4) is 12.0 Å². The molecule has 0 radical (unpaired) electrons. The third-order valence-electron chi connectivity index (χ3n) is 1.38. The Hall–Kier alpha value is -1.85. The van der Waals surface area contributed by atoms with Gasteiger partial charge in [0.25, 0.3) is 0 Å². The fraction of sp³-hybridized carbons (Fsp3) is 0.444. The smallest absolute Gasteiger partial charge is 0.324 e. The number of nitrogens with two attached hydrogens (primary N) is 1. The third kappa shape index (κ3) is 3.80. The molecule has 1 aromatic heterocycles. The Kier molecular flexibility index (Phi) is 4.33. The quantitative estimate of drug-likeness (QED) is 0.699. The zero-order valence-electron chi connectivity index (χ0n) is 8.64. The van der Waals surface area contributed by atoms with E-state index in [1.54, 1.807) is 6.08 Å². The number of nitrogen functional groups attached to an aromatic ring is 1. The predicted molar refractivity (Wildman–Crippen MR) is 55.7 cm³/mol. The normalized spacial score (nSPS) is 9.67. The van der Waals surface area contributed by atoms with Crippen molar-refractivity contribution in [2.45, 2.75) is 13.3 Å². The SMILES string of the molecule is C=CCOc1nc(N)nc(OCCC)n1. The summed E-state index contributed by atoms with van der Waals surface area (Å²) in [5.74, 6) is 0.0789. The van der Waals surface area contributed by atoms with E-state index in [4.69, 9.17) is 15.2 Å². The molecule has 82 valence electrons. The summed E-state index contributed by atoms with van der Waals surface area (Å²) in [6.07, 6.45) is 2.46. The molecule has 0 unspecified atom stereocenters. The molecule has 0 aliphatic carbocycles. The van der Waals surface area contributed by atoms with Gasteiger partial charge in [-0.05, 0) is 6.42 Å². The monoisotopic (exact) mass is 210 g/mol. The van der Waals surface area contributed by atoms with E-state index < -0.39 is 0 Å². The lowest BCUT2D eigenvalue weighted by Crippen LogP contribution is -2.07. The summed E-state index contributed by atoms with van der Waals surface area (Å²) in [5.41, 5.74) is 5.45. The molecule has 15 heavy (non-hydrogen) atoms. The zero-order chi connectivity index (χ0) is 11.1. The number of hydrogen-bond donors (Lipinski definition) is 1. The fourth-order valence-corrected chi connectivity index (χ4v) is 0.809. The van der Waals surface area contributed by atoms with Crippen molar-refractivity contribution in [2.24, 2.45) is 0 Å². The maximum absolute atomic E-state index is 5.45. The van der Waals surface area contributed by atoms with Gasteiger partial charge in [-0.1, -0.05) is 19.6 Å². The van der Waals surface area contributed by atoms with E-state index in [1.165, 1.54) is 0 Å². The molecule has 0 saturated heterocycles. The van der Waals surface area contributed by atoms with E-state index in [2.05, 4.69) is 21.5 Å². The first-order valence-corrected chi connectivity index (χ1v) is 4.64. The van der Waals surface area contributed by atoms with Gasteiger partial charge in [0.2, 0.25) is 5.95 Å². The number of hydrogen-bond acceptors (Lipinski definition) is 6. The molecule has 0 aliphatic rings. The highest BCUT2D eigenvalue weighted by atomic mass is 16.5. The Morgan fingerprint density at radius 1 is 1.27 bits per heavy atom. The van der Waals surface area contributed by atoms with Crippen molar-refractivity contribution < 1.29 is 9.47 Å². The van der Waals surface area contributed by atoms with Crippen LogP contribution in [0.25, 0.3) is 0 Å². The second-order valence-corrected chi connectivity index (χ2v) is 2.71. The Balaban J connectivity index is 2.70. The lowest BCUT2D eigenvalue weighted by atomic mass is 10.5. The molecule has 0 saturated carbocycles. The number of ether oxygens (including phenoxy) is 2. The van der Waals surface area contributed by atoms with E-state index in [1.807, 2.05) is 6.92 Å². The summed E-state index contributed by atoms with van der Waals surface area (Å²) in [6.45, 7) is 6.35. The summed E-state index contributed by atoms with van der Waals surface area (Å²) in [4.78, 5) is 11.5. The van der Waals surface area contributed by atoms with Crippen LogP contribution in [0.1, 0.15) is 13.3 Å². The van der Waals surface area contributed by atoms with Crippen LogP contribution in [0.2, 0.25) is 0 Å². The molecule has 2 N–H and O–H groups in total. The molecule has 6 heteroatoms. The number of anilines is 1. The lowest BCUT2D eigenvalue weighted by molar-refractivity contribution is 0.275. The molecule has 0 amide bonds. The first kappa shape index (κ1) is 11.2. The highest BCUT2D eigenvalue weighted by Crippen LogP contribution is 2.10. The van der Waals surface area contributed by atoms with Crippen LogP contribution in [-0.2, 0) is 0 Å². The van der Waals surface area contributed by atoms with E-state index in [0.29, 0.717) is 13.2 Å². The van der Waals surface area contributed by atoms with Gasteiger partial charge in [0.1, 0.15) is 6.61 Å². The van der Waals surface area contributed by atoms with E-state index in [-0.39, 0.29) is 18.0 Å². The molecule has 1 aromatic rings. The van der Waals surface area contributed by atoms with Gasteiger partial charge in [0, 0.05) is 0 Å². The van der Waals surface area contributed by atoms with E-state index in [9.17, 15) is 0 Å². The summed E-state index contributed by atoms with van der Waals surface area (Å²) in [6, 6.07) is 0.330. The second kappa shape index (κ2) is 5.79. The maximum atomic E-state index is 5.45. The summed E-state index contributed by atoms with van der Waals surface area (Å²) in [7, 11) is 0. The molecule has 0 aromatic carbocycles. The van der Waals surface area contributed by atoms with Crippen LogP contribution < -0.4 is 15.2 Å². The van der Waals surface area contributed by atoms with Crippen molar-refractivity contribution in [3.63, 3.8) is 0 Å². The highest BCUT2D eigenvalue weighted by Gasteiger charge is 2.05. The molecular formula is C9H14N4O2. The van der Waals surface area contributed by atoms with Crippen LogP contribution in [0.3, 0.4) is 0 Å². The molecule has 0 bridgehead atoms. The van der Waals surface area contributed by atoms with Crippen LogP contribution in [0.4, 0.5) is 5.95 Å². The average molecular weight is 210 g/mol. The van der Waals surface area contributed by atoms with Gasteiger partial charge in [0.15, 0.2) is 0 Å². The van der Waals surface area contributed by atoms with Crippen molar-refractivity contribution in [2.75, 3.05) is 18.9 Å². The Labute approximate surface area is 88.2 Å². The summed E-state index contributed by atoms with van der Waals surface area (Å²) < 4.78 is 10.3. The minimum Gasteiger partial charge on any atom is -0.463 e. The largest absolute Gasteiger partial charge is 0.463 e. The van der Waals surface area contributed by atoms with Crippen molar-refractivity contribution in [3.05, 3.63) is 12.7 Å². The predicted octanol–water partition coefficient (Wildman–Crippen LogP) is 0.807. The van der Waals surface area contributed by atoms with Crippen LogP contribution in [0.15, 0.2) is 12.7 Å². The minimum atomic E-state index is 0.0789. The standard InChI is InChI=1S/C9H14N4O2/c1-3-5-14-8-11-7(10)12-9(13-8)15-6-4-2/h3H,1,4-6H2,2H3,(H2,10,11,12,13). The van der Waals surface area contributed by atoms with Crippen molar-refractivity contribution >= 4 is 5.95 Å². The second-order valence-electron chi connectivity index (χ2n) is 2.71. The van der Waals surface area contributed by atoms with E-state index >= 15 is 0 Å². The van der Waals surface area contributed by atoms with Crippen LogP contribution >= 0.6 is 0 Å². The van der Waals surface area contributed by atoms with Crippen LogP contribution in [0.5, 0.6) is 12.0 Å². The molecule has 1 heterocycles. The molecule has 0 aliphatic heterocycles. The average Bonchev–Trinajstić information content (AvgIpc) is 2.23. The maximum Gasteiger partial charge on any atom is 0.324 e. The van der Waals surface area contributed by atoms with E-state index in [0.717, 1.165) is 6.42 Å². The highest BCUT2D eigenvalue weighted by molar-refractivity contribution is 5.20. The zero-order valence-corrected chi connectivity index (χ0v) is 8.64. The van der Waals surface area contributed by atoms with Gasteiger partial charge >= 0.3 is 12.0 Å². The summed E-state index contributed by atoms with van der Waals surface area (Å²) in [5, 5.41) is 0. The minimum absolute atomic E-state index is 0.0789. The molecule has 6 nitrogen and oxygen atoms in total. The number of rotatable bonds is 6. The van der Waals surface area contributed by atoms with Crippen LogP contribution in [-0.4, -0.2) is 28.2 Å². The van der Waals surface area contributed by atoms with Gasteiger partial charge in [0.05, 0.1) is 6.61 Å². The fourth-order valence-electron chi connectivity index (χ4n) is 0.809. The lowest BCUT2D eigenvalue weighted by Gasteiger charge is -2.05. The van der Waals surface area contributed by atoms with Gasteiger partial charge in [-0.25, -0.2) is 0 Å². The molecule has 0 spiro atoms. The number of nitrogens with zero attached hydrogens (tertiary/aromatic N) is 3. The topological polar surface area (TPSA) is 83.2 Å². The van der Waals surface area contributed by atoms with Crippen LogP contribution in [0, 0.1) is 0 Å². The number of aromatic nitrogens is 3. The Morgan fingerprint density at radius 2 is 1.93 bits per heavy atom. The van der Waals surface area contributed by atoms with Crippen molar-refractivity contribution in [1.82, 2.24) is 15.0 Å². The van der Waals surface area contributed by atoms with Gasteiger partial charge in [-0.15, -0.1) is 4.98 Å².